The fourth-order valence-electron chi connectivity index (χ4n) is 5.86. The highest BCUT2D eigenvalue weighted by Gasteiger charge is 2.41. The molecule has 1 saturated carbocycles. The molecule has 4 nitrogen and oxygen atoms in total. The van der Waals surface area contributed by atoms with Gasteiger partial charge in [0.2, 0.25) is 0 Å². The van der Waals surface area contributed by atoms with Crippen molar-refractivity contribution in [3.8, 4) is 5.75 Å². The lowest BCUT2D eigenvalue weighted by Gasteiger charge is -2.44. The Balaban J connectivity index is 1.48. The number of nitrogens with zero attached hydrogens (tertiary/aromatic N) is 2. The number of hydrogen-bond donors (Lipinski definition) is 1. The van der Waals surface area contributed by atoms with Gasteiger partial charge < -0.3 is 19.6 Å². The van der Waals surface area contributed by atoms with Gasteiger partial charge in [0.05, 0.1) is 5.60 Å². The minimum Gasteiger partial charge on any atom is -0.406 e. The average Bonchev–Trinajstić information content (AvgIpc) is 3.27. The fourth-order valence-corrected chi connectivity index (χ4v) is 5.86. The van der Waals surface area contributed by atoms with E-state index >= 15 is 0 Å². The molecule has 1 N–H and O–H groups in total. The quantitative estimate of drug-likeness (QED) is 0.681. The van der Waals surface area contributed by atoms with Gasteiger partial charge in [-0.15, -0.1) is 13.2 Å². The van der Waals surface area contributed by atoms with Gasteiger partial charge in [-0.25, -0.2) is 0 Å². The highest BCUT2D eigenvalue weighted by molar-refractivity contribution is 5.33. The van der Waals surface area contributed by atoms with Gasteiger partial charge in [-0.3, -0.25) is 0 Å². The minimum absolute atomic E-state index is 0.206. The van der Waals surface area contributed by atoms with E-state index in [9.17, 15) is 18.3 Å². The first-order valence-corrected chi connectivity index (χ1v) is 11.9. The van der Waals surface area contributed by atoms with Gasteiger partial charge in [-0.1, -0.05) is 31.4 Å². The Morgan fingerprint density at radius 3 is 2.32 bits per heavy atom. The molecule has 0 aromatic heterocycles. The predicted molar refractivity (Wildman–Crippen MR) is 114 cm³/mol. The molecular weight excluding hydrogens is 405 g/mol. The molecule has 1 aromatic rings. The second-order valence-electron chi connectivity index (χ2n) is 9.61. The van der Waals surface area contributed by atoms with Crippen molar-refractivity contribution >= 4 is 0 Å². The normalized spacial score (nSPS) is 24.9. The molecule has 1 aromatic carbocycles. The molecule has 0 radical (unpaired) electrons. The first-order chi connectivity index (χ1) is 14.8. The molecule has 0 amide bonds. The second-order valence-corrected chi connectivity index (χ2v) is 9.61. The van der Waals surface area contributed by atoms with Gasteiger partial charge in [0, 0.05) is 18.5 Å². The summed E-state index contributed by atoms with van der Waals surface area (Å²) in [6, 6.07) is 6.91. The smallest absolute Gasteiger partial charge is 0.406 e. The van der Waals surface area contributed by atoms with Gasteiger partial charge in [0.15, 0.2) is 0 Å². The van der Waals surface area contributed by atoms with Crippen molar-refractivity contribution in [1.29, 1.82) is 0 Å². The predicted octanol–water partition coefficient (Wildman–Crippen LogP) is 4.92. The van der Waals surface area contributed by atoms with Crippen molar-refractivity contribution in [2.45, 2.75) is 81.7 Å². The number of rotatable bonds is 6. The standard InChI is InChI=1S/C24H35F3N2O2/c25-24(26,27)31-21-8-6-7-19(17-21)22(23(30)11-2-1-3-12-23)18-28-15-9-20(10-16-28)29-13-4-5-14-29/h6-8,17,20,22,30H,1-5,9-16,18H2. The zero-order valence-corrected chi connectivity index (χ0v) is 18.2. The molecule has 1 atom stereocenters. The van der Waals surface area contributed by atoms with Crippen LogP contribution in [0.2, 0.25) is 0 Å². The van der Waals surface area contributed by atoms with E-state index in [0.29, 0.717) is 25.4 Å². The van der Waals surface area contributed by atoms with E-state index in [1.165, 1.54) is 38.1 Å². The van der Waals surface area contributed by atoms with Crippen molar-refractivity contribution in [1.82, 2.24) is 9.80 Å². The van der Waals surface area contributed by atoms with Crippen LogP contribution in [0, 0.1) is 0 Å². The monoisotopic (exact) mass is 440 g/mol. The van der Waals surface area contributed by atoms with Gasteiger partial charge in [-0.05, 0) is 82.4 Å². The van der Waals surface area contributed by atoms with E-state index in [1.807, 2.05) is 6.07 Å². The molecule has 3 aliphatic rings. The molecule has 2 aliphatic heterocycles. The number of aliphatic hydroxyl groups is 1. The molecule has 7 heteroatoms. The maximum Gasteiger partial charge on any atom is 0.573 e. The third-order valence-electron chi connectivity index (χ3n) is 7.52. The van der Waals surface area contributed by atoms with Gasteiger partial charge in [-0.2, -0.15) is 0 Å². The Morgan fingerprint density at radius 2 is 1.68 bits per heavy atom. The topological polar surface area (TPSA) is 35.9 Å². The Hall–Kier alpha value is -1.31. The van der Waals surface area contributed by atoms with Gasteiger partial charge in [0.25, 0.3) is 0 Å². The zero-order chi connectivity index (χ0) is 21.9. The maximum atomic E-state index is 12.8. The van der Waals surface area contributed by atoms with E-state index in [4.69, 9.17) is 0 Å². The number of alkyl halides is 3. The second kappa shape index (κ2) is 9.67. The molecule has 31 heavy (non-hydrogen) atoms. The summed E-state index contributed by atoms with van der Waals surface area (Å²) in [7, 11) is 0. The Morgan fingerprint density at radius 1 is 1.00 bits per heavy atom. The molecule has 2 saturated heterocycles. The zero-order valence-electron chi connectivity index (χ0n) is 18.2. The number of piperidine rings is 1. The molecule has 1 aliphatic carbocycles. The Labute approximate surface area is 183 Å². The van der Waals surface area contributed by atoms with Crippen LogP contribution in [0.1, 0.15) is 69.3 Å². The van der Waals surface area contributed by atoms with Gasteiger partial charge in [0.1, 0.15) is 5.75 Å². The summed E-state index contributed by atoms with van der Waals surface area (Å²) in [6.45, 7) is 5.05. The summed E-state index contributed by atoms with van der Waals surface area (Å²) < 4.78 is 42.4. The Bertz CT molecular complexity index is 707. The largest absolute Gasteiger partial charge is 0.573 e. The highest BCUT2D eigenvalue weighted by Crippen LogP contribution is 2.42. The molecule has 0 spiro atoms. The van der Waals surface area contributed by atoms with Crippen molar-refractivity contribution in [2.24, 2.45) is 0 Å². The summed E-state index contributed by atoms with van der Waals surface area (Å²) in [6.07, 6.45) is 4.56. The maximum absolute atomic E-state index is 12.8. The number of benzene rings is 1. The third kappa shape index (κ3) is 5.93. The summed E-state index contributed by atoms with van der Waals surface area (Å²) in [4.78, 5) is 5.02. The number of hydrogen-bond acceptors (Lipinski definition) is 4. The lowest BCUT2D eigenvalue weighted by Crippen LogP contribution is -2.48. The van der Waals surface area contributed by atoms with E-state index in [-0.39, 0.29) is 11.7 Å². The summed E-state index contributed by atoms with van der Waals surface area (Å²) in [5, 5.41) is 11.6. The minimum atomic E-state index is -4.71. The van der Waals surface area contributed by atoms with Gasteiger partial charge >= 0.3 is 6.36 Å². The van der Waals surface area contributed by atoms with Crippen LogP contribution in [-0.2, 0) is 0 Å². The molecule has 174 valence electrons. The van der Waals surface area contributed by atoms with Crippen LogP contribution in [0.4, 0.5) is 13.2 Å². The van der Waals surface area contributed by atoms with Crippen LogP contribution in [0.25, 0.3) is 0 Å². The molecule has 4 rings (SSSR count). The molecule has 0 bridgehead atoms. The summed E-state index contributed by atoms with van der Waals surface area (Å²) >= 11 is 0. The molecule has 1 unspecified atom stereocenters. The van der Waals surface area contributed by atoms with Crippen molar-refractivity contribution in [3.05, 3.63) is 29.8 Å². The number of halogens is 3. The fraction of sp³-hybridized carbons (Fsp3) is 0.750. The average molecular weight is 441 g/mol. The van der Waals surface area contributed by atoms with E-state index in [0.717, 1.165) is 50.8 Å². The van der Waals surface area contributed by atoms with Crippen molar-refractivity contribution in [3.63, 3.8) is 0 Å². The SMILES string of the molecule is OC1(C(CN2CCC(N3CCCC3)CC2)c2cccc(OC(F)(F)F)c2)CCCCC1. The van der Waals surface area contributed by atoms with Crippen molar-refractivity contribution in [2.75, 3.05) is 32.7 Å². The first-order valence-electron chi connectivity index (χ1n) is 11.9. The van der Waals surface area contributed by atoms with Crippen LogP contribution in [0.15, 0.2) is 24.3 Å². The third-order valence-corrected chi connectivity index (χ3v) is 7.52. The van der Waals surface area contributed by atoms with E-state index in [1.54, 1.807) is 6.07 Å². The van der Waals surface area contributed by atoms with E-state index in [2.05, 4.69) is 14.5 Å². The summed E-state index contributed by atoms with van der Waals surface area (Å²) in [5.74, 6) is -0.421. The lowest BCUT2D eigenvalue weighted by atomic mass is 9.72. The number of likely N-dealkylation sites (tertiary alicyclic amines) is 2. The van der Waals surface area contributed by atoms with Crippen LogP contribution >= 0.6 is 0 Å². The summed E-state index contributed by atoms with van der Waals surface area (Å²) in [5.41, 5.74) is -0.131. The molecule has 2 heterocycles. The molecular formula is C24H35F3N2O2. The van der Waals surface area contributed by atoms with Crippen LogP contribution < -0.4 is 4.74 Å². The Kier molecular flexibility index (Phi) is 7.14. The van der Waals surface area contributed by atoms with Crippen LogP contribution in [0.3, 0.4) is 0 Å². The molecule has 3 fully saturated rings. The first kappa shape index (κ1) is 22.9. The highest BCUT2D eigenvalue weighted by atomic mass is 19.4. The van der Waals surface area contributed by atoms with Crippen LogP contribution in [-0.4, -0.2) is 65.6 Å². The lowest BCUT2D eigenvalue weighted by molar-refractivity contribution is -0.274. The van der Waals surface area contributed by atoms with Crippen LogP contribution in [0.5, 0.6) is 5.75 Å². The van der Waals surface area contributed by atoms with Crippen molar-refractivity contribution < 1.29 is 23.0 Å². The number of ether oxygens (including phenoxy) is 1. The van der Waals surface area contributed by atoms with E-state index < -0.39 is 12.0 Å².